The van der Waals surface area contributed by atoms with Gasteiger partial charge in [0.2, 0.25) is 11.9 Å². The van der Waals surface area contributed by atoms with E-state index >= 15 is 0 Å². The van der Waals surface area contributed by atoms with Crippen LogP contribution >= 0.6 is 0 Å². The zero-order chi connectivity index (χ0) is 25.4. The monoisotopic (exact) mass is 471 g/mol. The molecule has 2 atom stereocenters. The molecular formula is C21H37N5O7. The van der Waals surface area contributed by atoms with Gasteiger partial charge < -0.3 is 19.5 Å². The quantitative estimate of drug-likeness (QED) is 0.234. The lowest BCUT2D eigenvalue weighted by molar-refractivity contribution is -0.144. The average Bonchev–Trinajstić information content (AvgIpc) is 2.91. The molecule has 1 aliphatic heterocycles. The SMILES string of the molecule is CCOC(=O)CN1C[C@H](N=C(NC(=O)OC(C)(C)C)NC(=O)OC(C)(C)C)[C@@H](NC(C)=O)C1. The molecule has 1 saturated heterocycles. The van der Waals surface area contributed by atoms with E-state index in [0.29, 0.717) is 6.54 Å². The van der Waals surface area contributed by atoms with Gasteiger partial charge in [0.25, 0.3) is 0 Å². The van der Waals surface area contributed by atoms with E-state index in [9.17, 15) is 19.2 Å². The van der Waals surface area contributed by atoms with Gasteiger partial charge in [-0.2, -0.15) is 0 Å². The Morgan fingerprint density at radius 3 is 1.88 bits per heavy atom. The topological polar surface area (TPSA) is 148 Å². The number of nitrogens with one attached hydrogen (secondary N) is 3. The van der Waals surface area contributed by atoms with Crippen LogP contribution in [0.2, 0.25) is 0 Å². The Kier molecular flexibility index (Phi) is 10.1. The summed E-state index contributed by atoms with van der Waals surface area (Å²) in [6.07, 6.45) is -1.65. The van der Waals surface area contributed by atoms with Gasteiger partial charge in [0.1, 0.15) is 11.2 Å². The molecule has 1 aliphatic rings. The summed E-state index contributed by atoms with van der Waals surface area (Å²) in [6, 6.07) is -1.05. The number of alkyl carbamates (subject to hydrolysis) is 2. The Morgan fingerprint density at radius 2 is 1.45 bits per heavy atom. The number of carbonyl (C=O) groups is 4. The summed E-state index contributed by atoms with van der Waals surface area (Å²) in [5.41, 5.74) is -1.55. The van der Waals surface area contributed by atoms with Crippen LogP contribution in [-0.2, 0) is 23.8 Å². The van der Waals surface area contributed by atoms with Crippen molar-refractivity contribution in [2.75, 3.05) is 26.2 Å². The molecular weight excluding hydrogens is 434 g/mol. The highest BCUT2D eigenvalue weighted by atomic mass is 16.6. The van der Waals surface area contributed by atoms with Gasteiger partial charge in [-0.15, -0.1) is 0 Å². The van der Waals surface area contributed by atoms with E-state index in [4.69, 9.17) is 14.2 Å². The first kappa shape index (κ1) is 28.1. The molecule has 0 aliphatic carbocycles. The lowest BCUT2D eigenvalue weighted by atomic mass is 10.2. The molecule has 0 aromatic heterocycles. The van der Waals surface area contributed by atoms with Gasteiger partial charge in [-0.3, -0.25) is 25.1 Å². The van der Waals surface area contributed by atoms with E-state index in [0.717, 1.165) is 0 Å². The molecule has 0 bridgehead atoms. The van der Waals surface area contributed by atoms with Gasteiger partial charge in [0.15, 0.2) is 0 Å². The van der Waals surface area contributed by atoms with Crippen molar-refractivity contribution >= 4 is 30.0 Å². The third-order valence-corrected chi connectivity index (χ3v) is 3.94. The van der Waals surface area contributed by atoms with Crippen LogP contribution in [0.3, 0.4) is 0 Å². The third-order valence-electron chi connectivity index (χ3n) is 3.94. The fraction of sp³-hybridized carbons (Fsp3) is 0.762. The maximum atomic E-state index is 12.3. The molecule has 0 saturated carbocycles. The first-order valence-electron chi connectivity index (χ1n) is 10.8. The highest BCUT2D eigenvalue weighted by Gasteiger charge is 2.35. The van der Waals surface area contributed by atoms with Crippen LogP contribution < -0.4 is 16.0 Å². The van der Waals surface area contributed by atoms with Gasteiger partial charge in [0, 0.05) is 20.0 Å². The van der Waals surface area contributed by atoms with Gasteiger partial charge in [-0.1, -0.05) is 0 Å². The van der Waals surface area contributed by atoms with Crippen LogP contribution in [-0.4, -0.2) is 84.4 Å². The second kappa shape index (κ2) is 11.8. The Labute approximate surface area is 194 Å². The second-order valence-corrected chi connectivity index (χ2v) is 9.60. The van der Waals surface area contributed by atoms with E-state index in [1.54, 1.807) is 53.4 Å². The molecule has 0 unspecified atom stereocenters. The molecule has 3 amide bonds. The zero-order valence-electron chi connectivity index (χ0n) is 20.7. The van der Waals surface area contributed by atoms with Crippen LogP contribution in [0.1, 0.15) is 55.4 Å². The molecule has 188 valence electrons. The minimum atomic E-state index is -0.824. The molecule has 12 nitrogen and oxygen atoms in total. The zero-order valence-corrected chi connectivity index (χ0v) is 20.7. The van der Waals surface area contributed by atoms with Gasteiger partial charge in [-0.25, -0.2) is 14.6 Å². The predicted octanol–water partition coefficient (Wildman–Crippen LogP) is 1.14. The number of likely N-dealkylation sites (tertiary alicyclic amines) is 1. The van der Waals surface area contributed by atoms with Crippen molar-refractivity contribution in [3.05, 3.63) is 0 Å². The minimum absolute atomic E-state index is 0.0181. The molecule has 3 N–H and O–H groups in total. The first-order chi connectivity index (χ1) is 15.1. The van der Waals surface area contributed by atoms with Crippen molar-refractivity contribution in [1.82, 2.24) is 20.9 Å². The number of aliphatic imine (C=N–C) groups is 1. The molecule has 0 aromatic carbocycles. The summed E-state index contributed by atoms with van der Waals surface area (Å²) in [4.78, 5) is 54.4. The Bertz CT molecular complexity index is 723. The molecule has 1 fully saturated rings. The van der Waals surface area contributed by atoms with E-state index in [2.05, 4.69) is 20.9 Å². The molecule has 0 aromatic rings. The lowest BCUT2D eigenvalue weighted by Crippen LogP contribution is -2.49. The van der Waals surface area contributed by atoms with Crippen LogP contribution in [0.5, 0.6) is 0 Å². The maximum Gasteiger partial charge on any atom is 0.414 e. The summed E-state index contributed by atoms with van der Waals surface area (Å²) in [6.45, 7) is 14.1. The van der Waals surface area contributed by atoms with Crippen molar-refractivity contribution in [3.63, 3.8) is 0 Å². The normalized spacial score (nSPS) is 18.7. The number of hydrogen-bond donors (Lipinski definition) is 3. The molecule has 0 radical (unpaired) electrons. The van der Waals surface area contributed by atoms with Gasteiger partial charge in [0.05, 0.1) is 25.2 Å². The van der Waals surface area contributed by atoms with Crippen molar-refractivity contribution in [1.29, 1.82) is 0 Å². The Hall–Kier alpha value is -2.89. The molecule has 0 spiro atoms. The second-order valence-electron chi connectivity index (χ2n) is 9.60. The Morgan fingerprint density at radius 1 is 0.939 bits per heavy atom. The fourth-order valence-corrected chi connectivity index (χ4v) is 2.98. The Balaban J connectivity index is 3.10. The summed E-state index contributed by atoms with van der Waals surface area (Å²) in [5, 5.41) is 7.63. The summed E-state index contributed by atoms with van der Waals surface area (Å²) < 4.78 is 15.5. The average molecular weight is 472 g/mol. The van der Waals surface area contributed by atoms with E-state index in [1.807, 2.05) is 0 Å². The highest BCUT2D eigenvalue weighted by molar-refractivity contribution is 6.01. The number of nitrogens with zero attached hydrogens (tertiary/aromatic N) is 2. The van der Waals surface area contributed by atoms with E-state index in [-0.39, 0.29) is 31.6 Å². The van der Waals surface area contributed by atoms with E-state index < -0.39 is 41.4 Å². The van der Waals surface area contributed by atoms with Crippen LogP contribution in [0.4, 0.5) is 9.59 Å². The molecule has 1 rings (SSSR count). The summed E-state index contributed by atoms with van der Waals surface area (Å²) in [7, 11) is 0. The van der Waals surface area contributed by atoms with Crippen molar-refractivity contribution in [3.8, 4) is 0 Å². The number of rotatable bonds is 5. The fourth-order valence-electron chi connectivity index (χ4n) is 2.98. The lowest BCUT2D eigenvalue weighted by Gasteiger charge is -2.23. The van der Waals surface area contributed by atoms with Gasteiger partial charge >= 0.3 is 18.2 Å². The molecule has 12 heteroatoms. The number of ether oxygens (including phenoxy) is 3. The van der Waals surface area contributed by atoms with Crippen LogP contribution in [0, 0.1) is 0 Å². The van der Waals surface area contributed by atoms with Crippen LogP contribution in [0.15, 0.2) is 4.99 Å². The van der Waals surface area contributed by atoms with Crippen molar-refractivity contribution in [2.24, 2.45) is 4.99 Å². The number of carbonyl (C=O) groups excluding carboxylic acids is 4. The molecule has 1 heterocycles. The van der Waals surface area contributed by atoms with Crippen molar-refractivity contribution in [2.45, 2.75) is 78.7 Å². The highest BCUT2D eigenvalue weighted by Crippen LogP contribution is 2.15. The van der Waals surface area contributed by atoms with Crippen molar-refractivity contribution < 1.29 is 33.4 Å². The minimum Gasteiger partial charge on any atom is -0.465 e. The summed E-state index contributed by atoms with van der Waals surface area (Å²) in [5.74, 6) is -0.875. The maximum absolute atomic E-state index is 12.3. The number of amides is 3. The largest absolute Gasteiger partial charge is 0.465 e. The molecule has 33 heavy (non-hydrogen) atoms. The summed E-state index contributed by atoms with van der Waals surface area (Å²) >= 11 is 0. The van der Waals surface area contributed by atoms with E-state index in [1.165, 1.54) is 6.92 Å². The smallest absolute Gasteiger partial charge is 0.414 e. The van der Waals surface area contributed by atoms with Crippen LogP contribution in [0.25, 0.3) is 0 Å². The number of esters is 1. The first-order valence-corrected chi connectivity index (χ1v) is 10.8. The third kappa shape index (κ3) is 12.1. The number of hydrogen-bond acceptors (Lipinski definition) is 9. The van der Waals surface area contributed by atoms with Gasteiger partial charge in [-0.05, 0) is 48.5 Å². The predicted molar refractivity (Wildman–Crippen MR) is 121 cm³/mol. The standard InChI is InChI=1S/C21H37N5O7/c1-9-31-16(28)12-26-10-14(22-13(2)27)15(11-26)23-17(24-18(29)32-20(3,4)5)25-19(30)33-21(6,7)8/h14-15H,9-12H2,1-8H3,(H,22,27)(H2,23,24,25,29,30)/t14-,15-/m0/s1. The number of guanidine groups is 1.